The van der Waals surface area contributed by atoms with Crippen LogP contribution < -0.4 is 0 Å². The van der Waals surface area contributed by atoms with Crippen LogP contribution in [0.5, 0.6) is 0 Å². The minimum Gasteiger partial charge on any atom is -0.280 e. The van der Waals surface area contributed by atoms with E-state index in [1.807, 2.05) is 0 Å². The Morgan fingerprint density at radius 1 is 1.62 bits per heavy atom. The lowest BCUT2D eigenvalue weighted by molar-refractivity contribution is 0.256. The zero-order chi connectivity index (χ0) is 6.62. The predicted octanol–water partition coefficient (Wildman–Crippen LogP) is 2.46. The molecule has 0 saturated carbocycles. The fraction of sp³-hybridized carbons (Fsp3) is 1.00. The van der Waals surface area contributed by atoms with Crippen molar-refractivity contribution < 1.29 is 17.5 Å². The van der Waals surface area contributed by atoms with Crippen molar-refractivity contribution >= 4 is 7.99 Å². The van der Waals surface area contributed by atoms with E-state index in [1.54, 1.807) is 6.92 Å². The first-order valence-electron chi connectivity index (χ1n) is 2.20. The van der Waals surface area contributed by atoms with Crippen molar-refractivity contribution in [2.45, 2.75) is 13.3 Å². The molecule has 0 heterocycles. The van der Waals surface area contributed by atoms with Crippen LogP contribution in [0.15, 0.2) is 0 Å². The highest BCUT2D eigenvalue weighted by atomic mass is 31.2. The van der Waals surface area contributed by atoms with Gasteiger partial charge in [0.1, 0.15) is 0 Å². The van der Waals surface area contributed by atoms with Gasteiger partial charge in [0.05, 0.1) is 6.61 Å². The monoisotopic (exact) mass is 144 g/mol. The summed E-state index contributed by atoms with van der Waals surface area (Å²) in [4.78, 5) is 0. The van der Waals surface area contributed by atoms with Crippen LogP contribution in [0, 0.1) is 0 Å². The van der Waals surface area contributed by atoms with E-state index in [1.165, 1.54) is 0 Å². The van der Waals surface area contributed by atoms with Crippen LogP contribution in [0.4, 0.5) is 8.39 Å². The molecule has 0 aromatic carbocycles. The van der Waals surface area contributed by atoms with E-state index in [4.69, 9.17) is 0 Å². The molecule has 0 aliphatic carbocycles. The standard InChI is InChI=1S/C3H7F2O2P/c1-2-3-7-8(4,5)6/h2-3H2,1H3. The molecular weight excluding hydrogens is 137 g/mol. The Morgan fingerprint density at radius 3 is 2.25 bits per heavy atom. The van der Waals surface area contributed by atoms with Crippen molar-refractivity contribution in [3.8, 4) is 0 Å². The predicted molar refractivity (Wildman–Crippen MR) is 26.1 cm³/mol. The third-order valence-corrected chi connectivity index (χ3v) is 0.929. The molecule has 0 aliphatic rings. The molecule has 5 heteroatoms. The summed E-state index contributed by atoms with van der Waals surface area (Å²) in [6.07, 6.45) is 0.456. The first kappa shape index (κ1) is 8.05. The Kier molecular flexibility index (Phi) is 3.17. The molecule has 0 spiro atoms. The van der Waals surface area contributed by atoms with Crippen LogP contribution in [-0.4, -0.2) is 6.61 Å². The average molecular weight is 144 g/mol. The second-order valence-electron chi connectivity index (χ2n) is 1.25. The van der Waals surface area contributed by atoms with Gasteiger partial charge in [-0.15, -0.1) is 8.39 Å². The summed E-state index contributed by atoms with van der Waals surface area (Å²) < 4.78 is 35.5. The highest BCUT2D eigenvalue weighted by Crippen LogP contribution is 2.50. The smallest absolute Gasteiger partial charge is 0.280 e. The van der Waals surface area contributed by atoms with Gasteiger partial charge in [-0.05, 0) is 6.42 Å². The molecular formula is C3H7F2O2P. The van der Waals surface area contributed by atoms with Gasteiger partial charge >= 0.3 is 7.99 Å². The number of hydrogen-bond acceptors (Lipinski definition) is 2. The molecule has 0 bridgehead atoms. The Balaban J connectivity index is 3.26. The first-order chi connectivity index (χ1) is 3.56. The van der Waals surface area contributed by atoms with Gasteiger partial charge in [-0.1, -0.05) is 6.92 Å². The molecule has 0 amide bonds. The molecule has 0 N–H and O–H groups in total. The molecule has 0 aliphatic heterocycles. The van der Waals surface area contributed by atoms with Gasteiger partial charge in [0.15, 0.2) is 0 Å². The van der Waals surface area contributed by atoms with E-state index in [-0.39, 0.29) is 6.61 Å². The molecule has 0 radical (unpaired) electrons. The van der Waals surface area contributed by atoms with Crippen LogP contribution in [0.3, 0.4) is 0 Å². The third-order valence-electron chi connectivity index (χ3n) is 0.446. The van der Waals surface area contributed by atoms with Gasteiger partial charge in [0, 0.05) is 0 Å². The normalized spacial score (nSPS) is 11.9. The molecule has 8 heavy (non-hydrogen) atoms. The maximum Gasteiger partial charge on any atom is 0.551 e. The second kappa shape index (κ2) is 3.15. The van der Waals surface area contributed by atoms with Gasteiger partial charge < -0.3 is 0 Å². The topological polar surface area (TPSA) is 26.3 Å². The lowest BCUT2D eigenvalue weighted by Crippen LogP contribution is -1.82. The van der Waals surface area contributed by atoms with Crippen molar-refractivity contribution in [1.29, 1.82) is 0 Å². The van der Waals surface area contributed by atoms with E-state index < -0.39 is 7.99 Å². The van der Waals surface area contributed by atoms with E-state index in [0.29, 0.717) is 6.42 Å². The minimum atomic E-state index is -5.18. The lowest BCUT2D eigenvalue weighted by atomic mass is 10.5. The number of rotatable bonds is 3. The summed E-state index contributed by atoms with van der Waals surface area (Å²) in [7, 11) is -5.18. The maximum absolute atomic E-state index is 11.2. The van der Waals surface area contributed by atoms with E-state index in [9.17, 15) is 13.0 Å². The molecule has 0 fully saturated rings. The Hall–Kier alpha value is 0.0500. The highest BCUT2D eigenvalue weighted by molar-refractivity contribution is 7.47. The summed E-state index contributed by atoms with van der Waals surface area (Å²) >= 11 is 0. The summed E-state index contributed by atoms with van der Waals surface area (Å²) in [5, 5.41) is 0. The Labute approximate surface area is 46.5 Å². The fourth-order valence-electron chi connectivity index (χ4n) is 0.198. The largest absolute Gasteiger partial charge is 0.551 e. The summed E-state index contributed by atoms with van der Waals surface area (Å²) in [6.45, 7) is 1.53. The van der Waals surface area contributed by atoms with Gasteiger partial charge in [-0.25, -0.2) is 4.57 Å². The molecule has 0 atom stereocenters. The fourth-order valence-corrected chi connectivity index (χ4v) is 0.593. The zero-order valence-corrected chi connectivity index (χ0v) is 5.33. The quantitative estimate of drug-likeness (QED) is 0.568. The highest BCUT2D eigenvalue weighted by Gasteiger charge is 2.18. The van der Waals surface area contributed by atoms with Gasteiger partial charge in [0.2, 0.25) is 0 Å². The van der Waals surface area contributed by atoms with Crippen LogP contribution in [0.25, 0.3) is 0 Å². The van der Waals surface area contributed by atoms with E-state index in [2.05, 4.69) is 4.52 Å². The summed E-state index contributed by atoms with van der Waals surface area (Å²) in [6, 6.07) is 0. The average Bonchev–Trinajstić information content (AvgIpc) is 1.59. The molecule has 0 aromatic heterocycles. The van der Waals surface area contributed by atoms with Crippen LogP contribution in [0.2, 0.25) is 0 Å². The lowest BCUT2D eigenvalue weighted by Gasteiger charge is -1.95. The van der Waals surface area contributed by atoms with Crippen molar-refractivity contribution in [3.05, 3.63) is 0 Å². The van der Waals surface area contributed by atoms with Crippen LogP contribution in [-0.2, 0) is 9.09 Å². The molecule has 0 rings (SSSR count). The molecule has 0 aromatic rings. The zero-order valence-electron chi connectivity index (χ0n) is 4.43. The van der Waals surface area contributed by atoms with Gasteiger partial charge in [-0.3, -0.25) is 4.52 Å². The summed E-state index contributed by atoms with van der Waals surface area (Å²) in [5.74, 6) is 0. The van der Waals surface area contributed by atoms with Gasteiger partial charge in [0.25, 0.3) is 0 Å². The first-order valence-corrected chi connectivity index (χ1v) is 3.61. The third kappa shape index (κ3) is 6.05. The van der Waals surface area contributed by atoms with Crippen molar-refractivity contribution in [1.82, 2.24) is 0 Å². The van der Waals surface area contributed by atoms with Crippen molar-refractivity contribution in [2.24, 2.45) is 0 Å². The molecule has 0 saturated heterocycles. The molecule has 0 unspecified atom stereocenters. The SMILES string of the molecule is CCCOP(=O)(F)F. The van der Waals surface area contributed by atoms with E-state index in [0.717, 1.165) is 0 Å². The van der Waals surface area contributed by atoms with E-state index >= 15 is 0 Å². The molecule has 2 nitrogen and oxygen atoms in total. The molecule has 50 valence electrons. The number of hydrogen-bond donors (Lipinski definition) is 0. The Bertz CT molecular complexity index is 99.5. The second-order valence-corrected chi connectivity index (χ2v) is 2.33. The van der Waals surface area contributed by atoms with Crippen LogP contribution in [0.1, 0.15) is 13.3 Å². The van der Waals surface area contributed by atoms with Gasteiger partial charge in [-0.2, -0.15) is 0 Å². The van der Waals surface area contributed by atoms with Crippen LogP contribution >= 0.6 is 7.99 Å². The maximum atomic E-state index is 11.2. The number of halogens is 2. The minimum absolute atomic E-state index is 0.135. The van der Waals surface area contributed by atoms with Crippen molar-refractivity contribution in [2.75, 3.05) is 6.61 Å². The Morgan fingerprint density at radius 2 is 2.12 bits per heavy atom. The van der Waals surface area contributed by atoms with Crippen molar-refractivity contribution in [3.63, 3.8) is 0 Å². The summed E-state index contributed by atoms with van der Waals surface area (Å²) in [5.41, 5.74) is 0.